The summed E-state index contributed by atoms with van der Waals surface area (Å²) in [5.74, 6) is -0.0956. The highest BCUT2D eigenvalue weighted by Crippen LogP contribution is 2.33. The molecule has 6 heteroatoms. The third-order valence-corrected chi connectivity index (χ3v) is 4.83. The first-order chi connectivity index (χ1) is 8.50. The van der Waals surface area contributed by atoms with Gasteiger partial charge >= 0.3 is 0 Å². The lowest BCUT2D eigenvalue weighted by Gasteiger charge is -2.18. The molecule has 1 amide bonds. The van der Waals surface area contributed by atoms with E-state index in [-0.39, 0.29) is 5.91 Å². The number of nitrogens with zero attached hydrogens (tertiary/aromatic N) is 1. The summed E-state index contributed by atoms with van der Waals surface area (Å²) in [6.07, 6.45) is 0. The van der Waals surface area contributed by atoms with Crippen LogP contribution in [0.15, 0.2) is 37.9 Å². The van der Waals surface area contributed by atoms with Crippen molar-refractivity contribution in [2.75, 3.05) is 17.7 Å². The number of hydrogen-bond acceptors (Lipinski definition) is 3. The Bertz CT molecular complexity index is 598. The van der Waals surface area contributed by atoms with Gasteiger partial charge in [-0.2, -0.15) is 0 Å². The fourth-order valence-electron chi connectivity index (χ4n) is 1.57. The lowest BCUT2D eigenvalue weighted by atomic mass is 10.2. The molecular formula is C12H10Br2N2OS. The van der Waals surface area contributed by atoms with E-state index in [1.54, 1.807) is 24.1 Å². The molecule has 0 saturated carbocycles. The van der Waals surface area contributed by atoms with Crippen LogP contribution in [0.1, 0.15) is 10.4 Å². The third kappa shape index (κ3) is 2.60. The van der Waals surface area contributed by atoms with E-state index in [4.69, 9.17) is 5.73 Å². The first-order valence-corrected chi connectivity index (χ1v) is 7.48. The Kier molecular flexibility index (Phi) is 4.09. The van der Waals surface area contributed by atoms with Gasteiger partial charge in [-0.1, -0.05) is 12.1 Å². The number of halogens is 2. The predicted molar refractivity (Wildman–Crippen MR) is 83.3 cm³/mol. The van der Waals surface area contributed by atoms with E-state index in [2.05, 4.69) is 31.9 Å². The minimum absolute atomic E-state index is 0.0956. The largest absolute Gasteiger partial charge is 0.397 e. The molecule has 18 heavy (non-hydrogen) atoms. The number of amides is 1. The van der Waals surface area contributed by atoms with E-state index in [1.807, 2.05) is 18.2 Å². The minimum Gasteiger partial charge on any atom is -0.397 e. The van der Waals surface area contributed by atoms with Gasteiger partial charge in [0.1, 0.15) is 0 Å². The van der Waals surface area contributed by atoms with Crippen molar-refractivity contribution >= 4 is 60.5 Å². The van der Waals surface area contributed by atoms with Crippen LogP contribution in [0.2, 0.25) is 0 Å². The summed E-state index contributed by atoms with van der Waals surface area (Å²) >= 11 is 8.22. The summed E-state index contributed by atoms with van der Waals surface area (Å²) in [5.41, 5.74) is 7.78. The second kappa shape index (κ2) is 5.42. The van der Waals surface area contributed by atoms with E-state index in [0.29, 0.717) is 16.9 Å². The van der Waals surface area contributed by atoms with E-state index in [9.17, 15) is 4.79 Å². The highest BCUT2D eigenvalue weighted by atomic mass is 79.9. The first-order valence-electron chi connectivity index (χ1n) is 5.08. The molecular weight excluding hydrogens is 380 g/mol. The summed E-state index contributed by atoms with van der Waals surface area (Å²) in [4.78, 5) is 13.9. The van der Waals surface area contributed by atoms with Gasteiger partial charge in [-0.3, -0.25) is 4.79 Å². The van der Waals surface area contributed by atoms with Crippen molar-refractivity contribution in [3.63, 3.8) is 0 Å². The Morgan fingerprint density at radius 1 is 1.33 bits per heavy atom. The molecule has 3 nitrogen and oxygen atoms in total. The molecule has 0 aliphatic carbocycles. The smallest absolute Gasteiger partial charge is 0.260 e. The van der Waals surface area contributed by atoms with Crippen LogP contribution in [0.5, 0.6) is 0 Å². The van der Waals surface area contributed by atoms with Crippen molar-refractivity contribution in [3.05, 3.63) is 43.5 Å². The van der Waals surface area contributed by atoms with Crippen molar-refractivity contribution in [3.8, 4) is 0 Å². The Morgan fingerprint density at radius 2 is 2.00 bits per heavy atom. The van der Waals surface area contributed by atoms with Crippen molar-refractivity contribution in [2.24, 2.45) is 0 Å². The van der Waals surface area contributed by atoms with Gasteiger partial charge in [0.15, 0.2) is 0 Å². The van der Waals surface area contributed by atoms with Crippen molar-refractivity contribution in [1.29, 1.82) is 0 Å². The normalized spacial score (nSPS) is 10.4. The van der Waals surface area contributed by atoms with Crippen LogP contribution in [0.3, 0.4) is 0 Å². The van der Waals surface area contributed by atoms with Gasteiger partial charge < -0.3 is 10.6 Å². The predicted octanol–water partition coefficient (Wildman–Crippen LogP) is 4.13. The Labute approximate surface area is 126 Å². The minimum atomic E-state index is -0.0956. The maximum atomic E-state index is 12.4. The van der Waals surface area contributed by atoms with Crippen LogP contribution in [0, 0.1) is 0 Å². The molecule has 0 saturated heterocycles. The summed E-state index contributed by atoms with van der Waals surface area (Å²) in [6.45, 7) is 0. The SMILES string of the molecule is CN(C(=O)c1cc(Br)sc1Br)c1ccccc1N. The summed E-state index contributed by atoms with van der Waals surface area (Å²) < 4.78 is 1.72. The van der Waals surface area contributed by atoms with Gasteiger partial charge in [-0.05, 0) is 50.1 Å². The molecule has 1 aromatic carbocycles. The molecule has 0 bridgehead atoms. The van der Waals surface area contributed by atoms with Crippen LogP contribution in [0.25, 0.3) is 0 Å². The average molecular weight is 390 g/mol. The topological polar surface area (TPSA) is 46.3 Å². The quantitative estimate of drug-likeness (QED) is 0.784. The molecule has 94 valence electrons. The molecule has 0 radical (unpaired) electrons. The first kappa shape index (κ1) is 13.6. The lowest BCUT2D eigenvalue weighted by Crippen LogP contribution is -2.26. The van der Waals surface area contributed by atoms with Crippen LogP contribution >= 0.6 is 43.2 Å². The highest BCUT2D eigenvalue weighted by Gasteiger charge is 2.19. The zero-order chi connectivity index (χ0) is 13.3. The van der Waals surface area contributed by atoms with E-state index < -0.39 is 0 Å². The van der Waals surface area contributed by atoms with Crippen LogP contribution in [-0.2, 0) is 0 Å². The van der Waals surface area contributed by atoms with E-state index in [1.165, 1.54) is 11.3 Å². The van der Waals surface area contributed by atoms with Crippen molar-refractivity contribution in [1.82, 2.24) is 0 Å². The van der Waals surface area contributed by atoms with Crippen molar-refractivity contribution in [2.45, 2.75) is 0 Å². The van der Waals surface area contributed by atoms with Crippen LogP contribution < -0.4 is 10.6 Å². The van der Waals surface area contributed by atoms with Gasteiger partial charge in [0.05, 0.1) is 24.5 Å². The monoisotopic (exact) mass is 388 g/mol. The number of anilines is 2. The van der Waals surface area contributed by atoms with Crippen LogP contribution in [-0.4, -0.2) is 13.0 Å². The lowest BCUT2D eigenvalue weighted by molar-refractivity contribution is 0.0993. The third-order valence-electron chi connectivity index (χ3n) is 2.49. The number of thiophene rings is 1. The molecule has 0 fully saturated rings. The van der Waals surface area contributed by atoms with Gasteiger partial charge in [-0.25, -0.2) is 0 Å². The van der Waals surface area contributed by atoms with E-state index in [0.717, 1.165) is 7.57 Å². The second-order valence-electron chi connectivity index (χ2n) is 3.66. The molecule has 0 spiro atoms. The standard InChI is InChI=1S/C12H10Br2N2OS/c1-16(9-5-3-2-4-8(9)15)12(17)7-6-10(13)18-11(7)14/h2-6H,15H2,1H3. The molecule has 2 N–H and O–H groups in total. The van der Waals surface area contributed by atoms with Gasteiger partial charge in [0.25, 0.3) is 5.91 Å². The Morgan fingerprint density at radius 3 is 2.56 bits per heavy atom. The Hall–Kier alpha value is -0.850. The summed E-state index contributed by atoms with van der Waals surface area (Å²) in [7, 11) is 1.71. The van der Waals surface area contributed by atoms with Gasteiger partial charge in [0, 0.05) is 7.05 Å². The van der Waals surface area contributed by atoms with Crippen molar-refractivity contribution < 1.29 is 4.79 Å². The number of hydrogen-bond donors (Lipinski definition) is 1. The number of benzene rings is 1. The number of para-hydroxylation sites is 2. The number of nitrogens with two attached hydrogens (primary N) is 1. The number of carbonyl (C=O) groups is 1. The van der Waals surface area contributed by atoms with Crippen LogP contribution in [0.4, 0.5) is 11.4 Å². The molecule has 0 atom stereocenters. The van der Waals surface area contributed by atoms with Gasteiger partial charge in [0.2, 0.25) is 0 Å². The molecule has 1 aromatic heterocycles. The second-order valence-corrected chi connectivity index (χ2v) is 7.41. The zero-order valence-corrected chi connectivity index (χ0v) is 13.5. The molecule has 0 aliphatic heterocycles. The number of rotatable bonds is 2. The molecule has 2 rings (SSSR count). The fraction of sp³-hybridized carbons (Fsp3) is 0.0833. The molecule has 2 aromatic rings. The Balaban J connectivity index is 2.35. The zero-order valence-electron chi connectivity index (χ0n) is 9.48. The van der Waals surface area contributed by atoms with Gasteiger partial charge in [-0.15, -0.1) is 11.3 Å². The maximum Gasteiger partial charge on any atom is 0.260 e. The number of carbonyl (C=O) groups excluding carboxylic acids is 1. The fourth-order valence-corrected chi connectivity index (χ4v) is 4.35. The molecule has 0 aliphatic rings. The molecule has 0 unspecified atom stereocenters. The van der Waals surface area contributed by atoms with E-state index >= 15 is 0 Å². The highest BCUT2D eigenvalue weighted by molar-refractivity contribution is 9.12. The summed E-state index contributed by atoms with van der Waals surface area (Å²) in [5, 5.41) is 0. The number of nitrogen functional groups attached to an aromatic ring is 1. The summed E-state index contributed by atoms with van der Waals surface area (Å²) in [6, 6.07) is 9.09. The molecule has 1 heterocycles. The average Bonchev–Trinajstić information content (AvgIpc) is 2.67. The maximum absolute atomic E-state index is 12.4.